The average molecular weight is 331 g/mol. The summed E-state index contributed by atoms with van der Waals surface area (Å²) < 4.78 is 77.9. The van der Waals surface area contributed by atoms with Crippen molar-refractivity contribution in [3.05, 3.63) is 0 Å². The van der Waals surface area contributed by atoms with Crippen LogP contribution in [-0.4, -0.2) is 62.1 Å². The number of ether oxygens (including phenoxy) is 2. The fourth-order valence-electron chi connectivity index (χ4n) is 3.17. The van der Waals surface area contributed by atoms with Gasteiger partial charge in [-0.3, -0.25) is 4.90 Å². The van der Waals surface area contributed by atoms with Gasteiger partial charge in [0.2, 0.25) is 0 Å². The van der Waals surface area contributed by atoms with Crippen LogP contribution in [0.5, 0.6) is 0 Å². The van der Waals surface area contributed by atoms with Crippen LogP contribution in [0.15, 0.2) is 0 Å². The van der Waals surface area contributed by atoms with Crippen LogP contribution in [0.1, 0.15) is 20.3 Å². The quantitative estimate of drug-likeness (QED) is 0.742. The summed E-state index contributed by atoms with van der Waals surface area (Å²) in [6, 6.07) is -1.33. The lowest BCUT2D eigenvalue weighted by Gasteiger charge is -2.44. The molecule has 130 valence electrons. The van der Waals surface area contributed by atoms with Crippen molar-refractivity contribution in [1.29, 1.82) is 0 Å². The Hall–Kier alpha value is -0.470. The van der Waals surface area contributed by atoms with Crippen molar-refractivity contribution in [2.24, 2.45) is 11.8 Å². The minimum absolute atomic E-state index is 0.0126. The minimum Gasteiger partial charge on any atom is -0.376 e. The summed E-state index contributed by atoms with van der Waals surface area (Å²) in [5.74, 6) is -5.09. The SMILES string of the molecule is CC1CC(C(F)(F)F)CN(C(C)C(F)(F)C2COCCO2)C1. The second-order valence-electron chi connectivity index (χ2n) is 6.32. The normalized spacial score (nSPS) is 33.7. The molecule has 0 spiro atoms. The maximum atomic E-state index is 14.5. The van der Waals surface area contributed by atoms with Crippen LogP contribution in [0.25, 0.3) is 0 Å². The molecule has 0 radical (unpaired) electrons. The Kier molecular flexibility index (Phi) is 5.34. The van der Waals surface area contributed by atoms with Gasteiger partial charge in [-0.15, -0.1) is 0 Å². The zero-order valence-corrected chi connectivity index (χ0v) is 12.7. The fourth-order valence-corrected chi connectivity index (χ4v) is 3.17. The van der Waals surface area contributed by atoms with E-state index in [1.807, 2.05) is 0 Å². The van der Waals surface area contributed by atoms with E-state index in [2.05, 4.69) is 0 Å². The largest absolute Gasteiger partial charge is 0.393 e. The van der Waals surface area contributed by atoms with Gasteiger partial charge in [0.05, 0.1) is 31.8 Å². The Bertz CT molecular complexity index is 371. The molecule has 0 aromatic carbocycles. The Balaban J connectivity index is 2.07. The van der Waals surface area contributed by atoms with E-state index in [0.29, 0.717) is 0 Å². The third-order valence-electron chi connectivity index (χ3n) is 4.50. The molecule has 0 bridgehead atoms. The average Bonchev–Trinajstić information content (AvgIpc) is 2.45. The number of alkyl halides is 5. The van der Waals surface area contributed by atoms with Crippen molar-refractivity contribution in [3.63, 3.8) is 0 Å². The van der Waals surface area contributed by atoms with E-state index in [9.17, 15) is 22.0 Å². The Morgan fingerprint density at radius 1 is 1.09 bits per heavy atom. The second kappa shape index (κ2) is 6.57. The molecule has 0 N–H and O–H groups in total. The van der Waals surface area contributed by atoms with E-state index >= 15 is 0 Å². The van der Waals surface area contributed by atoms with Crippen LogP contribution in [0, 0.1) is 11.8 Å². The summed E-state index contributed by atoms with van der Waals surface area (Å²) in [4.78, 5) is 1.24. The van der Waals surface area contributed by atoms with Crippen LogP contribution >= 0.6 is 0 Å². The number of piperidine rings is 1. The molecule has 0 amide bonds. The summed E-state index contributed by atoms with van der Waals surface area (Å²) in [5, 5.41) is 0. The first-order chi connectivity index (χ1) is 10.1. The van der Waals surface area contributed by atoms with E-state index in [1.54, 1.807) is 6.92 Å². The Labute approximate surface area is 126 Å². The van der Waals surface area contributed by atoms with Gasteiger partial charge in [-0.05, 0) is 19.3 Å². The van der Waals surface area contributed by atoms with Crippen LogP contribution in [0.3, 0.4) is 0 Å². The van der Waals surface area contributed by atoms with E-state index in [-0.39, 0.29) is 38.7 Å². The smallest absolute Gasteiger partial charge is 0.376 e. The first-order valence-corrected chi connectivity index (χ1v) is 7.50. The van der Waals surface area contributed by atoms with Crippen molar-refractivity contribution in [2.45, 2.75) is 44.5 Å². The van der Waals surface area contributed by atoms with Crippen LogP contribution < -0.4 is 0 Å². The molecule has 0 aliphatic carbocycles. The lowest BCUT2D eigenvalue weighted by molar-refractivity contribution is -0.231. The highest BCUT2D eigenvalue weighted by Gasteiger charge is 2.52. The molecule has 0 aromatic heterocycles. The maximum Gasteiger partial charge on any atom is 0.393 e. The standard InChI is InChI=1S/C14H22F5NO2/c1-9-5-11(14(17,18)19)7-20(6-9)10(2)13(15,16)12-8-21-3-4-22-12/h9-12H,3-8H2,1-2H3. The predicted molar refractivity (Wildman–Crippen MR) is 69.9 cm³/mol. The molecule has 2 heterocycles. The number of nitrogens with zero attached hydrogens (tertiary/aromatic N) is 1. The van der Waals surface area contributed by atoms with Gasteiger partial charge < -0.3 is 9.47 Å². The molecule has 0 aromatic rings. The molecule has 4 atom stereocenters. The number of likely N-dealkylation sites (tertiary alicyclic amines) is 1. The highest BCUT2D eigenvalue weighted by atomic mass is 19.4. The summed E-state index contributed by atoms with van der Waals surface area (Å²) in [6.07, 6.45) is -5.77. The first kappa shape index (κ1) is 17.9. The Morgan fingerprint density at radius 2 is 1.77 bits per heavy atom. The fraction of sp³-hybridized carbons (Fsp3) is 1.00. The maximum absolute atomic E-state index is 14.5. The predicted octanol–water partition coefficient (Wildman–Crippen LogP) is 2.95. The first-order valence-electron chi connectivity index (χ1n) is 7.50. The van der Waals surface area contributed by atoms with Gasteiger partial charge in [0.25, 0.3) is 5.92 Å². The molecule has 2 fully saturated rings. The van der Waals surface area contributed by atoms with E-state index in [0.717, 1.165) is 0 Å². The van der Waals surface area contributed by atoms with Crippen molar-refractivity contribution in [3.8, 4) is 0 Å². The van der Waals surface area contributed by atoms with Gasteiger partial charge >= 0.3 is 6.18 Å². The third kappa shape index (κ3) is 3.89. The molecule has 2 rings (SSSR count). The summed E-state index contributed by atoms with van der Waals surface area (Å²) in [5.41, 5.74) is 0. The second-order valence-corrected chi connectivity index (χ2v) is 6.32. The Morgan fingerprint density at radius 3 is 2.32 bits per heavy atom. The zero-order chi connectivity index (χ0) is 16.5. The van der Waals surface area contributed by atoms with Gasteiger partial charge in [-0.25, -0.2) is 8.78 Å². The van der Waals surface area contributed by atoms with Crippen LogP contribution in [-0.2, 0) is 9.47 Å². The number of rotatable bonds is 3. The van der Waals surface area contributed by atoms with Crippen molar-refractivity contribution < 1.29 is 31.4 Å². The van der Waals surface area contributed by atoms with E-state index in [4.69, 9.17) is 9.47 Å². The third-order valence-corrected chi connectivity index (χ3v) is 4.50. The van der Waals surface area contributed by atoms with Gasteiger partial charge in [0.1, 0.15) is 6.10 Å². The molecule has 2 saturated heterocycles. The molecule has 0 saturated carbocycles. The molecule has 2 aliphatic heterocycles. The van der Waals surface area contributed by atoms with E-state index in [1.165, 1.54) is 11.8 Å². The van der Waals surface area contributed by atoms with Gasteiger partial charge in [0, 0.05) is 13.1 Å². The zero-order valence-electron chi connectivity index (χ0n) is 12.7. The topological polar surface area (TPSA) is 21.7 Å². The molecule has 3 nitrogen and oxygen atoms in total. The number of hydrogen-bond donors (Lipinski definition) is 0. The molecule has 2 aliphatic rings. The molecule has 8 heteroatoms. The van der Waals surface area contributed by atoms with Crippen molar-refractivity contribution in [2.75, 3.05) is 32.9 Å². The van der Waals surface area contributed by atoms with Crippen molar-refractivity contribution >= 4 is 0 Å². The minimum atomic E-state index is -4.35. The lowest BCUT2D eigenvalue weighted by Crippen LogP contribution is -2.59. The highest BCUT2D eigenvalue weighted by molar-refractivity contribution is 4.93. The molecular weight excluding hydrogens is 309 g/mol. The molecular formula is C14H22F5NO2. The summed E-state index contributed by atoms with van der Waals surface area (Å²) in [6.45, 7) is 2.88. The van der Waals surface area contributed by atoms with Gasteiger partial charge in [0.15, 0.2) is 0 Å². The van der Waals surface area contributed by atoms with Crippen LogP contribution in [0.2, 0.25) is 0 Å². The van der Waals surface area contributed by atoms with E-state index < -0.39 is 36.7 Å². The van der Waals surface area contributed by atoms with Crippen molar-refractivity contribution in [1.82, 2.24) is 4.90 Å². The van der Waals surface area contributed by atoms with Crippen LogP contribution in [0.4, 0.5) is 22.0 Å². The summed E-state index contributed by atoms with van der Waals surface area (Å²) in [7, 11) is 0. The molecule has 4 unspecified atom stereocenters. The van der Waals surface area contributed by atoms with Gasteiger partial charge in [-0.1, -0.05) is 6.92 Å². The number of hydrogen-bond acceptors (Lipinski definition) is 3. The summed E-state index contributed by atoms with van der Waals surface area (Å²) >= 11 is 0. The van der Waals surface area contributed by atoms with Gasteiger partial charge in [-0.2, -0.15) is 13.2 Å². The monoisotopic (exact) mass is 331 g/mol. The number of halogens is 5. The highest BCUT2D eigenvalue weighted by Crippen LogP contribution is 2.39. The lowest BCUT2D eigenvalue weighted by atomic mass is 9.88. The molecule has 22 heavy (non-hydrogen) atoms.